The van der Waals surface area contributed by atoms with E-state index in [4.69, 9.17) is 9.15 Å². The Morgan fingerprint density at radius 3 is 2.68 bits per heavy atom. The number of amides is 1. The molecule has 0 spiro atoms. The summed E-state index contributed by atoms with van der Waals surface area (Å²) in [7, 11) is 1.47. The van der Waals surface area contributed by atoms with Gasteiger partial charge in [0.25, 0.3) is 5.91 Å². The van der Waals surface area contributed by atoms with Gasteiger partial charge in [-0.3, -0.25) is 9.89 Å². The van der Waals surface area contributed by atoms with Gasteiger partial charge in [-0.25, -0.2) is 0 Å². The maximum atomic E-state index is 13.5. The predicted molar refractivity (Wildman–Crippen MR) is 128 cm³/mol. The largest absolute Gasteiger partial charge is 0.507 e. The lowest BCUT2D eigenvalue weighted by Gasteiger charge is -2.26. The van der Waals surface area contributed by atoms with Crippen LogP contribution in [0.1, 0.15) is 44.5 Å². The third kappa shape index (κ3) is 3.43. The van der Waals surface area contributed by atoms with Crippen LogP contribution in [0.15, 0.2) is 51.6 Å². The van der Waals surface area contributed by atoms with Crippen molar-refractivity contribution in [1.29, 1.82) is 0 Å². The third-order valence-corrected chi connectivity index (χ3v) is 6.83. The van der Waals surface area contributed by atoms with Crippen molar-refractivity contribution in [1.82, 2.24) is 15.1 Å². The Labute approximate surface area is 203 Å². The van der Waals surface area contributed by atoms with Crippen molar-refractivity contribution < 1.29 is 24.2 Å². The van der Waals surface area contributed by atoms with Crippen LogP contribution in [0.25, 0.3) is 11.3 Å². The van der Waals surface area contributed by atoms with Crippen molar-refractivity contribution in [3.8, 4) is 28.5 Å². The van der Waals surface area contributed by atoms with Crippen molar-refractivity contribution >= 4 is 21.8 Å². The van der Waals surface area contributed by atoms with E-state index < -0.39 is 6.04 Å². The molecule has 8 nitrogen and oxygen atoms in total. The number of benzene rings is 2. The van der Waals surface area contributed by atoms with E-state index in [0.29, 0.717) is 38.3 Å². The lowest BCUT2D eigenvalue weighted by molar-refractivity contribution is 0.0716. The number of fused-ring (bicyclic) bond motifs is 1. The molecule has 3 heterocycles. The van der Waals surface area contributed by atoms with Crippen LogP contribution in [-0.4, -0.2) is 38.3 Å². The summed E-state index contributed by atoms with van der Waals surface area (Å²) >= 11 is 3.39. The molecule has 2 aromatic heterocycles. The summed E-state index contributed by atoms with van der Waals surface area (Å²) < 4.78 is 11.3. The molecule has 9 heteroatoms. The summed E-state index contributed by atoms with van der Waals surface area (Å²) in [6.07, 6.45) is 1.56. The van der Waals surface area contributed by atoms with E-state index in [1.54, 1.807) is 41.5 Å². The minimum Gasteiger partial charge on any atom is -0.507 e. The Balaban J connectivity index is 1.73. The lowest BCUT2D eigenvalue weighted by atomic mass is 9.94. The highest BCUT2D eigenvalue weighted by molar-refractivity contribution is 9.10. The first kappa shape index (κ1) is 22.1. The second-order valence-corrected chi connectivity index (χ2v) is 9.14. The van der Waals surface area contributed by atoms with Gasteiger partial charge in [0.15, 0.2) is 11.5 Å². The number of aromatic nitrogens is 2. The number of aromatic amines is 1. The van der Waals surface area contributed by atoms with E-state index in [1.165, 1.54) is 7.11 Å². The number of nitrogens with zero attached hydrogens (tertiary/aromatic N) is 2. The monoisotopic (exact) mass is 523 g/mol. The SMILES string of the molecule is COc1cc([C@H]2c3c(-c4cc(C)c(C)cc4O)n[nH]c3C(=O)N2Cc2ccco2)cc(Br)c1O. The van der Waals surface area contributed by atoms with Crippen molar-refractivity contribution in [2.75, 3.05) is 7.11 Å². The van der Waals surface area contributed by atoms with Crippen LogP contribution in [0, 0.1) is 13.8 Å². The Bertz CT molecular complexity index is 1410. The molecule has 0 aliphatic carbocycles. The number of hydrogen-bond donors (Lipinski definition) is 3. The molecule has 3 N–H and O–H groups in total. The number of furan rings is 1. The summed E-state index contributed by atoms with van der Waals surface area (Å²) in [5.41, 5.74) is 4.63. The number of nitrogens with one attached hydrogen (secondary N) is 1. The summed E-state index contributed by atoms with van der Waals surface area (Å²) in [4.78, 5) is 15.2. The summed E-state index contributed by atoms with van der Waals surface area (Å²) in [6, 6.07) is 10.00. The minimum atomic E-state index is -0.576. The third-order valence-electron chi connectivity index (χ3n) is 6.22. The second kappa shape index (κ2) is 8.25. The van der Waals surface area contributed by atoms with E-state index in [0.717, 1.165) is 11.1 Å². The summed E-state index contributed by atoms with van der Waals surface area (Å²) in [5.74, 6) is 0.686. The standard InChI is InChI=1S/C25H22BrN3O5/c1-12-7-16(18(30)8-13(12)2)21-20-22(28-27-21)25(32)29(11-15-5-4-6-34-15)23(20)14-9-17(26)24(31)19(10-14)33-3/h4-10,23,30-31H,11H2,1-3H3,(H,27,28)/t23-/m0/s1. The van der Waals surface area contributed by atoms with Crippen molar-refractivity contribution in [3.63, 3.8) is 0 Å². The van der Waals surface area contributed by atoms with Crippen molar-refractivity contribution in [2.45, 2.75) is 26.4 Å². The molecule has 0 bridgehead atoms. The number of rotatable bonds is 5. The van der Waals surface area contributed by atoms with Crippen molar-refractivity contribution in [2.24, 2.45) is 0 Å². The normalized spacial score (nSPS) is 15.1. The van der Waals surface area contributed by atoms with Crippen LogP contribution in [-0.2, 0) is 6.54 Å². The Kier molecular flexibility index (Phi) is 5.36. The van der Waals surface area contributed by atoms with Crippen LogP contribution in [0.2, 0.25) is 0 Å². The van der Waals surface area contributed by atoms with Gasteiger partial charge in [0.1, 0.15) is 22.9 Å². The maximum Gasteiger partial charge on any atom is 0.273 e. The Hall–Kier alpha value is -3.72. The molecule has 1 atom stereocenters. The molecule has 0 saturated carbocycles. The molecular weight excluding hydrogens is 502 g/mol. The lowest BCUT2D eigenvalue weighted by Crippen LogP contribution is -2.29. The fourth-order valence-electron chi connectivity index (χ4n) is 4.38. The van der Waals surface area contributed by atoms with Gasteiger partial charge in [-0.2, -0.15) is 5.10 Å². The molecule has 4 aromatic rings. The molecule has 0 saturated heterocycles. The van der Waals surface area contributed by atoms with Gasteiger partial charge in [0.05, 0.1) is 30.4 Å². The number of carbonyl (C=O) groups is 1. The maximum absolute atomic E-state index is 13.5. The molecule has 1 amide bonds. The topological polar surface area (TPSA) is 112 Å². The van der Waals surface area contributed by atoms with Crippen LogP contribution in [0.3, 0.4) is 0 Å². The number of ether oxygens (including phenoxy) is 1. The number of phenols is 2. The number of aromatic hydroxyl groups is 2. The highest BCUT2D eigenvalue weighted by atomic mass is 79.9. The molecule has 1 aliphatic rings. The van der Waals surface area contributed by atoms with E-state index in [2.05, 4.69) is 26.1 Å². The molecule has 5 rings (SSSR count). The number of phenolic OH excluding ortho intramolecular Hbond substituents is 2. The number of H-pyrrole nitrogens is 1. The molecule has 1 aliphatic heterocycles. The average molecular weight is 524 g/mol. The zero-order valence-electron chi connectivity index (χ0n) is 18.7. The van der Waals surface area contributed by atoms with Gasteiger partial charge in [-0.1, -0.05) is 0 Å². The molecule has 34 heavy (non-hydrogen) atoms. The fraction of sp³-hybridized carbons (Fsp3) is 0.200. The second-order valence-electron chi connectivity index (χ2n) is 8.28. The number of aryl methyl sites for hydroxylation is 2. The summed E-state index contributed by atoms with van der Waals surface area (Å²) in [6.45, 7) is 4.10. The number of carbonyl (C=O) groups excluding carboxylic acids is 1. The number of halogens is 1. The summed E-state index contributed by atoms with van der Waals surface area (Å²) in [5, 5.41) is 28.4. The highest BCUT2D eigenvalue weighted by Crippen LogP contribution is 2.48. The molecule has 0 unspecified atom stereocenters. The van der Waals surface area contributed by atoms with E-state index in [-0.39, 0.29) is 29.7 Å². The average Bonchev–Trinajstić information content (AvgIpc) is 3.52. The number of hydrogen-bond acceptors (Lipinski definition) is 6. The smallest absolute Gasteiger partial charge is 0.273 e. The Morgan fingerprint density at radius 2 is 1.97 bits per heavy atom. The van der Waals surface area contributed by atoms with Crippen LogP contribution in [0.4, 0.5) is 0 Å². The van der Waals surface area contributed by atoms with Gasteiger partial charge in [-0.15, -0.1) is 0 Å². The van der Waals surface area contributed by atoms with E-state index >= 15 is 0 Å². The van der Waals surface area contributed by atoms with Gasteiger partial charge < -0.3 is 24.3 Å². The quantitative estimate of drug-likeness (QED) is 0.330. The molecule has 0 radical (unpaired) electrons. The van der Waals surface area contributed by atoms with Gasteiger partial charge in [0.2, 0.25) is 0 Å². The van der Waals surface area contributed by atoms with Crippen LogP contribution >= 0.6 is 15.9 Å². The zero-order chi connectivity index (χ0) is 24.1. The zero-order valence-corrected chi connectivity index (χ0v) is 20.3. The van der Waals surface area contributed by atoms with Crippen molar-refractivity contribution in [3.05, 3.63) is 80.8 Å². The minimum absolute atomic E-state index is 0.0346. The van der Waals surface area contributed by atoms with E-state index in [1.807, 2.05) is 19.9 Å². The fourth-order valence-corrected chi connectivity index (χ4v) is 4.84. The van der Waals surface area contributed by atoms with E-state index in [9.17, 15) is 15.0 Å². The van der Waals surface area contributed by atoms with Gasteiger partial charge >= 0.3 is 0 Å². The molecule has 2 aromatic carbocycles. The first-order valence-electron chi connectivity index (χ1n) is 10.6. The molecule has 174 valence electrons. The first-order chi connectivity index (χ1) is 16.3. The highest BCUT2D eigenvalue weighted by Gasteiger charge is 2.43. The van der Waals surface area contributed by atoms with Gasteiger partial charge in [0, 0.05) is 11.1 Å². The van der Waals surface area contributed by atoms with Crippen LogP contribution in [0.5, 0.6) is 17.2 Å². The first-order valence-corrected chi connectivity index (χ1v) is 11.4. The predicted octanol–water partition coefficient (Wildman–Crippen LogP) is 5.21. The molecular formula is C25H22BrN3O5. The molecule has 0 fully saturated rings. The number of methoxy groups -OCH3 is 1. The Morgan fingerprint density at radius 1 is 1.21 bits per heavy atom. The van der Waals surface area contributed by atoms with Gasteiger partial charge in [-0.05, 0) is 82.9 Å². The van der Waals surface area contributed by atoms with Crippen LogP contribution < -0.4 is 4.74 Å².